The fourth-order valence-electron chi connectivity index (χ4n) is 1.70. The third-order valence-corrected chi connectivity index (χ3v) is 4.17. The summed E-state index contributed by atoms with van der Waals surface area (Å²) < 4.78 is 27.9. The van der Waals surface area contributed by atoms with E-state index in [-0.39, 0.29) is 11.3 Å². The molecule has 0 aromatic heterocycles. The van der Waals surface area contributed by atoms with E-state index in [2.05, 4.69) is 26.1 Å². The number of ether oxygens (including phenoxy) is 1. The molecule has 0 aliphatic heterocycles. The molecule has 1 aromatic rings. The molecule has 0 saturated carbocycles. The molecular weight excluding hydrogens is 310 g/mol. The lowest BCUT2D eigenvalue weighted by Gasteiger charge is -2.22. The molecule has 0 radical (unpaired) electrons. The van der Waals surface area contributed by atoms with Crippen molar-refractivity contribution in [1.82, 2.24) is 5.32 Å². The zero-order valence-electron chi connectivity index (χ0n) is 13.1. The summed E-state index contributed by atoms with van der Waals surface area (Å²) in [6, 6.07) is 5.51. The molecule has 0 heterocycles. The molecule has 0 saturated heterocycles. The van der Waals surface area contributed by atoms with Crippen molar-refractivity contribution in [2.75, 3.05) is 18.6 Å². The van der Waals surface area contributed by atoms with Crippen LogP contribution in [0, 0.1) is 0 Å². The Labute approximate surface area is 132 Å². The summed E-state index contributed by atoms with van der Waals surface area (Å²) >= 11 is 6.23. The van der Waals surface area contributed by atoms with Crippen LogP contribution in [0.5, 0.6) is 5.75 Å². The number of hydrogen-bond acceptors (Lipinski definition) is 4. The van der Waals surface area contributed by atoms with Crippen molar-refractivity contribution in [3.05, 3.63) is 28.8 Å². The number of halogens is 1. The molecule has 0 fully saturated rings. The molecule has 0 spiro atoms. The normalized spacial score (nSPS) is 12.4. The van der Waals surface area contributed by atoms with Gasteiger partial charge in [-0.15, -0.1) is 0 Å². The average Bonchev–Trinajstić information content (AvgIpc) is 2.31. The van der Waals surface area contributed by atoms with Crippen LogP contribution in [0.25, 0.3) is 0 Å². The van der Waals surface area contributed by atoms with Crippen molar-refractivity contribution in [2.45, 2.75) is 39.3 Å². The molecule has 0 unspecified atom stereocenters. The highest BCUT2D eigenvalue weighted by atomic mass is 35.5. The number of sulfone groups is 1. The van der Waals surface area contributed by atoms with Gasteiger partial charge < -0.3 is 10.1 Å². The van der Waals surface area contributed by atoms with Gasteiger partial charge in [0, 0.05) is 28.9 Å². The molecule has 0 bridgehead atoms. The average molecular weight is 334 g/mol. The lowest BCUT2D eigenvalue weighted by molar-refractivity contribution is 0.311. The SMILES string of the molecule is CC(C)(C)NCc1c(Cl)cccc1OCCCS(C)(=O)=O. The van der Waals surface area contributed by atoms with Gasteiger partial charge in [-0.3, -0.25) is 0 Å². The van der Waals surface area contributed by atoms with Crippen molar-refractivity contribution in [2.24, 2.45) is 0 Å². The van der Waals surface area contributed by atoms with Gasteiger partial charge in [0.1, 0.15) is 15.6 Å². The first-order valence-corrected chi connectivity index (χ1v) is 9.35. The van der Waals surface area contributed by atoms with Crippen molar-refractivity contribution in [1.29, 1.82) is 0 Å². The summed E-state index contributed by atoms with van der Waals surface area (Å²) in [4.78, 5) is 0. The molecule has 1 aromatic carbocycles. The van der Waals surface area contributed by atoms with Crippen LogP contribution < -0.4 is 10.1 Å². The van der Waals surface area contributed by atoms with Gasteiger partial charge in [0.15, 0.2) is 0 Å². The standard InChI is InChI=1S/C15H24ClNO3S/c1-15(2,3)17-11-12-13(16)7-5-8-14(12)20-9-6-10-21(4,18)19/h5,7-8,17H,6,9-11H2,1-4H3. The van der Waals surface area contributed by atoms with Gasteiger partial charge in [0.2, 0.25) is 0 Å². The molecular formula is C15H24ClNO3S. The second-order valence-electron chi connectivity index (χ2n) is 6.15. The molecule has 0 amide bonds. The molecule has 1 rings (SSSR count). The van der Waals surface area contributed by atoms with E-state index in [1.807, 2.05) is 18.2 Å². The van der Waals surface area contributed by atoms with Crippen LogP contribution in [0.3, 0.4) is 0 Å². The Morgan fingerprint density at radius 2 is 1.95 bits per heavy atom. The quantitative estimate of drug-likeness (QED) is 0.779. The fourth-order valence-corrected chi connectivity index (χ4v) is 2.58. The lowest BCUT2D eigenvalue weighted by atomic mass is 10.1. The third kappa shape index (κ3) is 7.69. The molecule has 1 N–H and O–H groups in total. The van der Waals surface area contributed by atoms with Crippen molar-refractivity contribution in [3.63, 3.8) is 0 Å². The summed E-state index contributed by atoms with van der Waals surface area (Å²) in [6.45, 7) is 7.20. The molecule has 4 nitrogen and oxygen atoms in total. The second-order valence-corrected chi connectivity index (χ2v) is 8.82. The van der Waals surface area contributed by atoms with E-state index in [1.165, 1.54) is 6.26 Å². The minimum absolute atomic E-state index is 0.0211. The highest BCUT2D eigenvalue weighted by molar-refractivity contribution is 7.90. The summed E-state index contributed by atoms with van der Waals surface area (Å²) in [7, 11) is -2.94. The Kier molecular flexibility index (Phi) is 6.50. The van der Waals surface area contributed by atoms with Crippen LogP contribution in [0.4, 0.5) is 0 Å². The maximum atomic E-state index is 11.1. The van der Waals surface area contributed by atoms with Gasteiger partial charge in [-0.1, -0.05) is 17.7 Å². The predicted octanol–water partition coefficient (Wildman–Crippen LogP) is 3.04. The van der Waals surface area contributed by atoms with E-state index in [0.717, 1.165) is 5.56 Å². The Morgan fingerprint density at radius 3 is 2.52 bits per heavy atom. The zero-order valence-corrected chi connectivity index (χ0v) is 14.6. The smallest absolute Gasteiger partial charge is 0.147 e. The van der Waals surface area contributed by atoms with Gasteiger partial charge in [-0.25, -0.2) is 8.42 Å². The van der Waals surface area contributed by atoms with E-state index >= 15 is 0 Å². The van der Waals surface area contributed by atoms with E-state index in [1.54, 1.807) is 0 Å². The van der Waals surface area contributed by atoms with Crippen LogP contribution in [-0.2, 0) is 16.4 Å². The predicted molar refractivity (Wildman–Crippen MR) is 87.9 cm³/mol. The van der Waals surface area contributed by atoms with Crippen LogP contribution in [-0.4, -0.2) is 32.6 Å². The molecule has 0 atom stereocenters. The maximum absolute atomic E-state index is 11.1. The Bertz CT molecular complexity index is 565. The molecule has 21 heavy (non-hydrogen) atoms. The summed E-state index contributed by atoms with van der Waals surface area (Å²) in [5.74, 6) is 0.830. The number of nitrogens with one attached hydrogen (secondary N) is 1. The van der Waals surface area contributed by atoms with Gasteiger partial charge in [0.05, 0.1) is 12.4 Å². The number of benzene rings is 1. The van der Waals surface area contributed by atoms with E-state index in [9.17, 15) is 8.42 Å². The van der Waals surface area contributed by atoms with Crippen LogP contribution in [0.1, 0.15) is 32.8 Å². The second kappa shape index (κ2) is 7.47. The Balaban J connectivity index is 2.67. The zero-order chi connectivity index (χ0) is 16.1. The van der Waals surface area contributed by atoms with Crippen LogP contribution in [0.15, 0.2) is 18.2 Å². The van der Waals surface area contributed by atoms with Crippen LogP contribution >= 0.6 is 11.6 Å². The number of hydrogen-bond donors (Lipinski definition) is 1. The minimum Gasteiger partial charge on any atom is -0.493 e. The van der Waals surface area contributed by atoms with Gasteiger partial charge in [0.25, 0.3) is 0 Å². The van der Waals surface area contributed by atoms with Crippen molar-refractivity contribution in [3.8, 4) is 5.75 Å². The first-order valence-electron chi connectivity index (χ1n) is 6.91. The van der Waals surface area contributed by atoms with E-state index < -0.39 is 9.84 Å². The first kappa shape index (κ1) is 18.3. The topological polar surface area (TPSA) is 55.4 Å². The molecule has 120 valence electrons. The maximum Gasteiger partial charge on any atom is 0.147 e. The van der Waals surface area contributed by atoms with Gasteiger partial charge in [-0.05, 0) is 39.3 Å². The number of rotatable bonds is 7. The first-order chi connectivity index (χ1) is 9.58. The van der Waals surface area contributed by atoms with Gasteiger partial charge >= 0.3 is 0 Å². The highest BCUT2D eigenvalue weighted by Gasteiger charge is 2.13. The van der Waals surface area contributed by atoms with Crippen molar-refractivity contribution >= 4 is 21.4 Å². The van der Waals surface area contributed by atoms with Crippen molar-refractivity contribution < 1.29 is 13.2 Å². The van der Waals surface area contributed by atoms with Gasteiger partial charge in [-0.2, -0.15) is 0 Å². The third-order valence-electron chi connectivity index (χ3n) is 2.79. The largest absolute Gasteiger partial charge is 0.493 e. The highest BCUT2D eigenvalue weighted by Crippen LogP contribution is 2.27. The van der Waals surface area contributed by atoms with E-state index in [4.69, 9.17) is 16.3 Å². The summed E-state index contributed by atoms with van der Waals surface area (Å²) in [6.07, 6.45) is 1.70. The fraction of sp³-hybridized carbons (Fsp3) is 0.600. The Morgan fingerprint density at radius 1 is 1.29 bits per heavy atom. The van der Waals surface area contributed by atoms with E-state index in [0.29, 0.717) is 30.3 Å². The summed E-state index contributed by atoms with van der Waals surface area (Å²) in [5, 5.41) is 4.02. The summed E-state index contributed by atoms with van der Waals surface area (Å²) in [5.41, 5.74) is 0.876. The molecule has 0 aliphatic carbocycles. The monoisotopic (exact) mass is 333 g/mol. The molecule has 6 heteroatoms. The van der Waals surface area contributed by atoms with Crippen LogP contribution in [0.2, 0.25) is 5.02 Å². The minimum atomic E-state index is -2.94. The Hall–Kier alpha value is -0.780. The lowest BCUT2D eigenvalue weighted by Crippen LogP contribution is -2.35. The molecule has 0 aliphatic rings.